The number of thiol groups is 1. The van der Waals surface area contributed by atoms with Crippen molar-refractivity contribution in [2.24, 2.45) is 0 Å². The third-order valence-electron chi connectivity index (χ3n) is 2.96. The van der Waals surface area contributed by atoms with Gasteiger partial charge in [-0.15, -0.1) is 0 Å². The van der Waals surface area contributed by atoms with Gasteiger partial charge in [0.15, 0.2) is 6.79 Å². The minimum atomic E-state index is -0.446. The van der Waals surface area contributed by atoms with Crippen LogP contribution in [0.15, 0.2) is 48.5 Å². The highest BCUT2D eigenvalue weighted by molar-refractivity contribution is 7.80. The van der Waals surface area contributed by atoms with E-state index in [0.717, 1.165) is 16.7 Å². The van der Waals surface area contributed by atoms with Gasteiger partial charge in [-0.05, 0) is 22.8 Å². The SMILES string of the molecule is O=C(OCOCS)c1ccccc1-c1ccc(CO)cc1. The van der Waals surface area contributed by atoms with E-state index in [-0.39, 0.29) is 19.3 Å². The van der Waals surface area contributed by atoms with Crippen molar-refractivity contribution in [3.8, 4) is 11.1 Å². The second-order valence-electron chi connectivity index (χ2n) is 4.28. The van der Waals surface area contributed by atoms with Gasteiger partial charge in [0, 0.05) is 0 Å². The summed E-state index contributed by atoms with van der Waals surface area (Å²) in [6, 6.07) is 14.6. The molecule has 2 aromatic carbocycles. The summed E-state index contributed by atoms with van der Waals surface area (Å²) >= 11 is 3.87. The lowest BCUT2D eigenvalue weighted by molar-refractivity contribution is -0.0166. The molecule has 0 radical (unpaired) electrons. The van der Waals surface area contributed by atoms with Crippen LogP contribution in [0, 0.1) is 0 Å². The van der Waals surface area contributed by atoms with Gasteiger partial charge in [0.1, 0.15) is 0 Å². The third kappa shape index (κ3) is 4.07. The number of benzene rings is 2. The van der Waals surface area contributed by atoms with Gasteiger partial charge in [-0.1, -0.05) is 42.5 Å². The number of rotatable bonds is 6. The Morgan fingerprint density at radius 3 is 2.48 bits per heavy atom. The molecule has 0 saturated heterocycles. The fourth-order valence-corrected chi connectivity index (χ4v) is 1.99. The van der Waals surface area contributed by atoms with E-state index in [2.05, 4.69) is 12.6 Å². The summed E-state index contributed by atoms with van der Waals surface area (Å²) in [6.45, 7) is -0.134. The van der Waals surface area contributed by atoms with Crippen LogP contribution in [0.1, 0.15) is 15.9 Å². The van der Waals surface area contributed by atoms with Crippen LogP contribution in [0.4, 0.5) is 0 Å². The zero-order valence-electron chi connectivity index (χ0n) is 11.4. The van der Waals surface area contributed by atoms with Gasteiger partial charge in [0.25, 0.3) is 0 Å². The molecule has 0 saturated carbocycles. The van der Waals surface area contributed by atoms with Crippen molar-refractivity contribution < 1.29 is 19.4 Å². The zero-order valence-corrected chi connectivity index (χ0v) is 12.3. The minimum absolute atomic E-state index is 0.00889. The first-order valence-corrected chi connectivity index (χ1v) is 7.04. The largest absolute Gasteiger partial charge is 0.435 e. The Hall–Kier alpha value is -1.82. The van der Waals surface area contributed by atoms with E-state index in [1.807, 2.05) is 36.4 Å². The van der Waals surface area contributed by atoms with Crippen molar-refractivity contribution in [2.75, 3.05) is 12.7 Å². The van der Waals surface area contributed by atoms with Gasteiger partial charge in [0.05, 0.1) is 18.1 Å². The van der Waals surface area contributed by atoms with Gasteiger partial charge in [-0.2, -0.15) is 12.6 Å². The summed E-state index contributed by atoms with van der Waals surface area (Å²) < 4.78 is 9.92. The average Bonchev–Trinajstić information content (AvgIpc) is 2.55. The highest BCUT2D eigenvalue weighted by Crippen LogP contribution is 2.24. The van der Waals surface area contributed by atoms with Crippen LogP contribution in [0.3, 0.4) is 0 Å². The number of hydrogen-bond donors (Lipinski definition) is 2. The summed E-state index contributed by atoms with van der Waals surface area (Å²) in [6.07, 6.45) is 0. The molecule has 5 heteroatoms. The monoisotopic (exact) mass is 304 g/mol. The second kappa shape index (κ2) is 7.83. The van der Waals surface area contributed by atoms with Crippen LogP contribution in [0.5, 0.6) is 0 Å². The van der Waals surface area contributed by atoms with Crippen molar-refractivity contribution in [1.82, 2.24) is 0 Å². The molecule has 0 bridgehead atoms. The second-order valence-corrected chi connectivity index (χ2v) is 4.54. The number of carbonyl (C=O) groups excluding carboxylic acids is 1. The summed E-state index contributed by atoms with van der Waals surface area (Å²) in [5, 5.41) is 9.07. The minimum Gasteiger partial charge on any atom is -0.435 e. The fourth-order valence-electron chi connectivity index (χ4n) is 1.91. The predicted molar refractivity (Wildman–Crippen MR) is 83.0 cm³/mol. The molecule has 0 heterocycles. The summed E-state index contributed by atoms with van der Waals surface area (Å²) in [7, 11) is 0. The average molecular weight is 304 g/mol. The molecule has 0 aromatic heterocycles. The van der Waals surface area contributed by atoms with Crippen LogP contribution in [0.2, 0.25) is 0 Å². The molecule has 0 aliphatic heterocycles. The van der Waals surface area contributed by atoms with Crippen LogP contribution in [-0.2, 0) is 16.1 Å². The van der Waals surface area contributed by atoms with E-state index in [1.54, 1.807) is 12.1 Å². The maximum atomic E-state index is 12.1. The topological polar surface area (TPSA) is 55.8 Å². The lowest BCUT2D eigenvalue weighted by atomic mass is 9.99. The molecule has 0 amide bonds. The number of carbonyl (C=O) groups is 1. The lowest BCUT2D eigenvalue weighted by Gasteiger charge is -2.10. The Labute approximate surface area is 128 Å². The van der Waals surface area contributed by atoms with E-state index < -0.39 is 5.97 Å². The molecule has 1 N–H and O–H groups in total. The zero-order chi connectivity index (χ0) is 15.1. The molecule has 0 unspecified atom stereocenters. The van der Waals surface area contributed by atoms with Crippen molar-refractivity contribution >= 4 is 18.6 Å². The van der Waals surface area contributed by atoms with Crippen molar-refractivity contribution in [3.05, 3.63) is 59.7 Å². The Morgan fingerprint density at radius 1 is 1.10 bits per heavy atom. The summed E-state index contributed by atoms with van der Waals surface area (Å²) in [4.78, 5) is 12.1. The number of aliphatic hydroxyl groups is 1. The van der Waals surface area contributed by atoms with Crippen LogP contribution in [0.25, 0.3) is 11.1 Å². The molecule has 0 spiro atoms. The quantitative estimate of drug-likeness (QED) is 0.373. The number of hydrogen-bond acceptors (Lipinski definition) is 5. The standard InChI is InChI=1S/C16H16O4S/c17-9-12-5-7-13(8-6-12)14-3-1-2-4-15(14)16(18)20-10-19-11-21/h1-8,17,21H,9-11H2. The van der Waals surface area contributed by atoms with Crippen LogP contribution in [-0.4, -0.2) is 23.8 Å². The van der Waals surface area contributed by atoms with E-state index in [9.17, 15) is 4.79 Å². The first-order valence-electron chi connectivity index (χ1n) is 6.41. The highest BCUT2D eigenvalue weighted by atomic mass is 32.1. The Balaban J connectivity index is 2.25. The Morgan fingerprint density at radius 2 is 1.81 bits per heavy atom. The lowest BCUT2D eigenvalue weighted by Crippen LogP contribution is -2.09. The molecular weight excluding hydrogens is 288 g/mol. The maximum absolute atomic E-state index is 12.1. The van der Waals surface area contributed by atoms with Crippen LogP contribution < -0.4 is 0 Å². The molecule has 2 aromatic rings. The Bertz CT molecular complexity index is 595. The molecule has 4 nitrogen and oxygen atoms in total. The molecule has 0 atom stereocenters. The molecule has 110 valence electrons. The van der Waals surface area contributed by atoms with Gasteiger partial charge in [-0.3, -0.25) is 0 Å². The summed E-state index contributed by atoms with van der Waals surface area (Å²) in [5.41, 5.74) is 2.95. The molecule has 21 heavy (non-hydrogen) atoms. The molecule has 0 aliphatic rings. The first kappa shape index (κ1) is 15.6. The predicted octanol–water partition coefficient (Wildman–Crippen LogP) is 2.86. The molecule has 2 rings (SSSR count). The maximum Gasteiger partial charge on any atom is 0.340 e. The van der Waals surface area contributed by atoms with E-state index in [4.69, 9.17) is 14.6 Å². The fraction of sp³-hybridized carbons (Fsp3) is 0.188. The van der Waals surface area contributed by atoms with Crippen LogP contribution >= 0.6 is 12.6 Å². The normalized spacial score (nSPS) is 10.4. The number of aliphatic hydroxyl groups excluding tert-OH is 1. The van der Waals surface area contributed by atoms with Crippen molar-refractivity contribution in [3.63, 3.8) is 0 Å². The Kier molecular flexibility index (Phi) is 5.80. The third-order valence-corrected chi connectivity index (χ3v) is 3.14. The highest BCUT2D eigenvalue weighted by Gasteiger charge is 2.13. The van der Waals surface area contributed by atoms with Gasteiger partial charge < -0.3 is 14.6 Å². The molecule has 0 fully saturated rings. The van der Waals surface area contributed by atoms with E-state index in [0.29, 0.717) is 5.56 Å². The molecular formula is C16H16O4S. The van der Waals surface area contributed by atoms with Crippen molar-refractivity contribution in [2.45, 2.75) is 6.61 Å². The van der Waals surface area contributed by atoms with Gasteiger partial charge in [-0.25, -0.2) is 4.79 Å². The van der Waals surface area contributed by atoms with E-state index in [1.165, 1.54) is 0 Å². The van der Waals surface area contributed by atoms with Gasteiger partial charge in [0.2, 0.25) is 0 Å². The smallest absolute Gasteiger partial charge is 0.340 e. The number of ether oxygens (including phenoxy) is 2. The van der Waals surface area contributed by atoms with E-state index >= 15 is 0 Å². The summed E-state index contributed by atoms with van der Waals surface area (Å²) in [5.74, 6) is -0.254. The molecule has 0 aliphatic carbocycles. The van der Waals surface area contributed by atoms with Crippen molar-refractivity contribution in [1.29, 1.82) is 0 Å². The number of esters is 1. The van der Waals surface area contributed by atoms with Gasteiger partial charge >= 0.3 is 5.97 Å². The first-order chi connectivity index (χ1) is 10.3.